The molecule has 0 aliphatic carbocycles. The minimum absolute atomic E-state index is 0.0231. The van der Waals surface area contributed by atoms with E-state index in [9.17, 15) is 0 Å². The molecule has 23 heavy (non-hydrogen) atoms. The Morgan fingerprint density at radius 3 is 2.87 bits per heavy atom. The van der Waals surface area contributed by atoms with Crippen molar-refractivity contribution in [2.45, 2.75) is 19.0 Å². The lowest BCUT2D eigenvalue weighted by molar-refractivity contribution is 0.185. The molecule has 1 atom stereocenters. The topological polar surface area (TPSA) is 67.6 Å². The zero-order chi connectivity index (χ0) is 16.4. The molecular weight excluding hydrogens is 351 g/mol. The Hall–Kier alpha value is -1.27. The second-order valence-corrected chi connectivity index (χ2v) is 7.38. The SMILES string of the molecule is NC(N)=NCC(c1ccc(Cl)cc1Cl)N1CCc2sccc2C1. The van der Waals surface area contributed by atoms with Gasteiger partial charge in [-0.15, -0.1) is 11.3 Å². The monoisotopic (exact) mass is 368 g/mol. The fraction of sp³-hybridized carbons (Fsp3) is 0.312. The second kappa shape index (κ2) is 7.09. The number of fused-ring (bicyclic) bond motifs is 1. The molecule has 2 heterocycles. The Labute approximate surface area is 149 Å². The largest absolute Gasteiger partial charge is 0.370 e. The molecule has 4 N–H and O–H groups in total. The normalized spacial score (nSPS) is 15.9. The molecule has 0 fully saturated rings. The third-order valence-electron chi connectivity index (χ3n) is 4.05. The summed E-state index contributed by atoms with van der Waals surface area (Å²) in [5, 5.41) is 3.41. The van der Waals surface area contributed by atoms with Gasteiger partial charge in [0.25, 0.3) is 0 Å². The molecule has 3 rings (SSSR count). The number of nitrogens with zero attached hydrogens (tertiary/aromatic N) is 2. The van der Waals surface area contributed by atoms with E-state index in [2.05, 4.69) is 21.3 Å². The number of halogens is 2. The summed E-state index contributed by atoms with van der Waals surface area (Å²) in [5.74, 6) is 0.0910. The van der Waals surface area contributed by atoms with Crippen LogP contribution >= 0.6 is 34.5 Å². The van der Waals surface area contributed by atoms with Crippen LogP contribution in [0.4, 0.5) is 0 Å². The molecule has 0 bridgehead atoms. The minimum Gasteiger partial charge on any atom is -0.370 e. The lowest BCUT2D eigenvalue weighted by Gasteiger charge is -2.34. The Kier molecular flexibility index (Phi) is 5.11. The number of hydrogen-bond acceptors (Lipinski definition) is 3. The molecule has 0 radical (unpaired) electrons. The molecule has 1 aliphatic heterocycles. The van der Waals surface area contributed by atoms with Crippen molar-refractivity contribution in [3.05, 3.63) is 55.7 Å². The van der Waals surface area contributed by atoms with Gasteiger partial charge < -0.3 is 11.5 Å². The van der Waals surface area contributed by atoms with Crippen LogP contribution in [0.3, 0.4) is 0 Å². The first-order valence-corrected chi connectivity index (χ1v) is 8.98. The van der Waals surface area contributed by atoms with Crippen molar-refractivity contribution in [2.75, 3.05) is 13.1 Å². The van der Waals surface area contributed by atoms with Gasteiger partial charge in [0.2, 0.25) is 0 Å². The van der Waals surface area contributed by atoms with Gasteiger partial charge in [-0.05, 0) is 41.1 Å². The van der Waals surface area contributed by atoms with Crippen molar-refractivity contribution in [1.29, 1.82) is 0 Å². The van der Waals surface area contributed by atoms with Crippen LogP contribution < -0.4 is 11.5 Å². The van der Waals surface area contributed by atoms with E-state index < -0.39 is 0 Å². The highest BCUT2D eigenvalue weighted by Crippen LogP contribution is 2.34. The summed E-state index contributed by atoms with van der Waals surface area (Å²) in [4.78, 5) is 8.06. The summed E-state index contributed by atoms with van der Waals surface area (Å²) in [6, 6.07) is 7.79. The minimum atomic E-state index is 0.0231. The lowest BCUT2D eigenvalue weighted by Crippen LogP contribution is -2.36. The van der Waals surface area contributed by atoms with Crippen molar-refractivity contribution in [1.82, 2.24) is 4.90 Å². The van der Waals surface area contributed by atoms with E-state index in [4.69, 9.17) is 34.7 Å². The first-order valence-electron chi connectivity index (χ1n) is 7.34. The van der Waals surface area contributed by atoms with Gasteiger partial charge in [0, 0.05) is 28.0 Å². The van der Waals surface area contributed by atoms with E-state index in [0.717, 1.165) is 25.1 Å². The zero-order valence-corrected chi connectivity index (χ0v) is 14.8. The Morgan fingerprint density at radius 2 is 2.13 bits per heavy atom. The summed E-state index contributed by atoms with van der Waals surface area (Å²) in [6.45, 7) is 2.31. The summed E-state index contributed by atoms with van der Waals surface area (Å²) in [6.07, 6.45) is 1.04. The molecule has 2 aromatic rings. The van der Waals surface area contributed by atoms with Crippen LogP contribution in [0.5, 0.6) is 0 Å². The zero-order valence-electron chi connectivity index (χ0n) is 12.5. The number of guanidine groups is 1. The van der Waals surface area contributed by atoms with Gasteiger partial charge in [-0.3, -0.25) is 9.89 Å². The van der Waals surface area contributed by atoms with Crippen molar-refractivity contribution in [3.8, 4) is 0 Å². The van der Waals surface area contributed by atoms with E-state index in [1.54, 1.807) is 6.07 Å². The van der Waals surface area contributed by atoms with Crippen LogP contribution in [-0.2, 0) is 13.0 Å². The average Bonchev–Trinajstić information content (AvgIpc) is 2.96. The predicted octanol–water partition coefficient (Wildman–Crippen LogP) is 3.43. The van der Waals surface area contributed by atoms with E-state index in [1.807, 2.05) is 23.5 Å². The van der Waals surface area contributed by atoms with Gasteiger partial charge >= 0.3 is 0 Å². The number of hydrogen-bond donors (Lipinski definition) is 2. The Morgan fingerprint density at radius 1 is 1.30 bits per heavy atom. The standard InChI is InChI=1S/C16H18Cl2N4S/c17-11-1-2-12(13(18)7-11)14(8-21-16(19)20)22-5-3-15-10(9-22)4-6-23-15/h1-2,4,6-7,14H,3,5,8-9H2,(H4,19,20,21). The number of benzene rings is 1. The van der Waals surface area contributed by atoms with Crippen LogP contribution in [0, 0.1) is 0 Å². The first kappa shape index (κ1) is 16.6. The fourth-order valence-electron chi connectivity index (χ4n) is 2.91. The van der Waals surface area contributed by atoms with Gasteiger partial charge in [0.15, 0.2) is 5.96 Å². The molecule has 7 heteroatoms. The maximum atomic E-state index is 6.42. The molecule has 0 spiro atoms. The van der Waals surface area contributed by atoms with E-state index in [-0.39, 0.29) is 12.0 Å². The van der Waals surface area contributed by atoms with Crippen LogP contribution in [0.1, 0.15) is 22.0 Å². The quantitative estimate of drug-likeness (QED) is 0.641. The summed E-state index contributed by atoms with van der Waals surface area (Å²) in [5.41, 5.74) is 13.4. The molecule has 0 amide bonds. The van der Waals surface area contributed by atoms with Gasteiger partial charge in [-0.2, -0.15) is 0 Å². The molecule has 0 saturated heterocycles. The fourth-order valence-corrected chi connectivity index (χ4v) is 4.33. The highest BCUT2D eigenvalue weighted by molar-refractivity contribution is 7.10. The molecule has 1 unspecified atom stereocenters. The van der Waals surface area contributed by atoms with Crippen LogP contribution in [-0.4, -0.2) is 23.9 Å². The van der Waals surface area contributed by atoms with Gasteiger partial charge in [0.05, 0.1) is 12.6 Å². The van der Waals surface area contributed by atoms with Crippen molar-refractivity contribution in [3.63, 3.8) is 0 Å². The van der Waals surface area contributed by atoms with E-state index >= 15 is 0 Å². The molecule has 4 nitrogen and oxygen atoms in total. The third-order valence-corrected chi connectivity index (χ3v) is 5.63. The summed E-state index contributed by atoms with van der Waals surface area (Å²) in [7, 11) is 0. The van der Waals surface area contributed by atoms with Crippen LogP contribution in [0.15, 0.2) is 34.6 Å². The van der Waals surface area contributed by atoms with Crippen molar-refractivity contribution in [2.24, 2.45) is 16.5 Å². The smallest absolute Gasteiger partial charge is 0.185 e. The molecule has 0 saturated carbocycles. The lowest BCUT2D eigenvalue weighted by atomic mass is 10.0. The average molecular weight is 369 g/mol. The molecule has 1 aliphatic rings. The summed E-state index contributed by atoms with van der Waals surface area (Å²) >= 11 is 14.3. The number of aliphatic imine (C=N–C) groups is 1. The van der Waals surface area contributed by atoms with Crippen LogP contribution in [0.25, 0.3) is 0 Å². The Bertz CT molecular complexity index is 725. The highest BCUT2D eigenvalue weighted by Gasteiger charge is 2.26. The second-order valence-electron chi connectivity index (χ2n) is 5.54. The van der Waals surface area contributed by atoms with Crippen molar-refractivity contribution < 1.29 is 0 Å². The summed E-state index contributed by atoms with van der Waals surface area (Å²) < 4.78 is 0. The molecule has 122 valence electrons. The first-order chi connectivity index (χ1) is 11.0. The van der Waals surface area contributed by atoms with Gasteiger partial charge in [-0.1, -0.05) is 29.3 Å². The maximum Gasteiger partial charge on any atom is 0.185 e. The number of thiophene rings is 1. The molecule has 1 aromatic carbocycles. The van der Waals surface area contributed by atoms with Gasteiger partial charge in [0.1, 0.15) is 0 Å². The van der Waals surface area contributed by atoms with E-state index in [1.165, 1.54) is 10.4 Å². The van der Waals surface area contributed by atoms with Gasteiger partial charge in [-0.25, -0.2) is 0 Å². The number of rotatable bonds is 4. The highest BCUT2D eigenvalue weighted by atomic mass is 35.5. The van der Waals surface area contributed by atoms with E-state index in [0.29, 0.717) is 16.6 Å². The van der Waals surface area contributed by atoms with Crippen LogP contribution in [0.2, 0.25) is 10.0 Å². The predicted molar refractivity (Wildman–Crippen MR) is 98.3 cm³/mol. The van der Waals surface area contributed by atoms with Crippen molar-refractivity contribution >= 4 is 40.5 Å². The third kappa shape index (κ3) is 3.80. The Balaban J connectivity index is 1.91. The maximum absolute atomic E-state index is 6.42. The molecular formula is C16H18Cl2N4S. The number of nitrogens with two attached hydrogens (primary N) is 2. The molecule has 1 aromatic heterocycles.